The van der Waals surface area contributed by atoms with Gasteiger partial charge in [-0.05, 0) is 55.5 Å². The van der Waals surface area contributed by atoms with Crippen LogP contribution in [0.1, 0.15) is 29.5 Å². The van der Waals surface area contributed by atoms with Crippen LogP contribution in [0, 0.1) is 13.8 Å². The second-order valence-electron chi connectivity index (χ2n) is 6.27. The highest BCUT2D eigenvalue weighted by Gasteiger charge is 2.32. The van der Waals surface area contributed by atoms with Crippen LogP contribution < -0.4 is 4.74 Å². The zero-order chi connectivity index (χ0) is 16.2. The first-order valence-electron chi connectivity index (χ1n) is 8.17. The van der Waals surface area contributed by atoms with Gasteiger partial charge in [-0.25, -0.2) is 0 Å². The quantitative estimate of drug-likeness (QED) is 0.810. The predicted octanol–water partition coefficient (Wildman–Crippen LogP) is 3.87. The molecule has 23 heavy (non-hydrogen) atoms. The maximum Gasteiger partial charge on any atom is 0.261 e. The van der Waals surface area contributed by atoms with Crippen LogP contribution in [0.2, 0.25) is 0 Å². The van der Waals surface area contributed by atoms with Gasteiger partial charge in [-0.2, -0.15) is 0 Å². The van der Waals surface area contributed by atoms with Crippen LogP contribution in [-0.4, -0.2) is 23.5 Å². The van der Waals surface area contributed by atoms with Gasteiger partial charge in [-0.3, -0.25) is 4.79 Å². The molecule has 1 aliphatic carbocycles. The Labute approximate surface area is 137 Å². The largest absolute Gasteiger partial charge is 0.484 e. The van der Waals surface area contributed by atoms with Gasteiger partial charge in [0.15, 0.2) is 6.61 Å². The summed E-state index contributed by atoms with van der Waals surface area (Å²) in [4.78, 5) is 14.5. The predicted molar refractivity (Wildman–Crippen MR) is 91.4 cm³/mol. The molecule has 1 fully saturated rings. The smallest absolute Gasteiger partial charge is 0.261 e. The fourth-order valence-electron chi connectivity index (χ4n) is 2.62. The molecule has 1 aliphatic rings. The van der Waals surface area contributed by atoms with Crippen LogP contribution in [0.15, 0.2) is 48.5 Å². The molecule has 0 saturated heterocycles. The Bertz CT molecular complexity index is 677. The van der Waals surface area contributed by atoms with E-state index in [1.165, 1.54) is 16.7 Å². The standard InChI is InChI=1S/C20H23NO2/c1-15-8-11-19(12-16(15)2)23-14-20(22)21(18-9-10-18)13-17-6-4-3-5-7-17/h3-8,11-12,18H,9-10,13-14H2,1-2H3. The van der Waals surface area contributed by atoms with Gasteiger partial charge in [0.25, 0.3) is 5.91 Å². The Kier molecular flexibility index (Phi) is 4.65. The van der Waals surface area contributed by atoms with Gasteiger partial charge in [0.2, 0.25) is 0 Å². The molecule has 0 bridgehead atoms. The molecule has 0 radical (unpaired) electrons. The van der Waals surface area contributed by atoms with E-state index in [-0.39, 0.29) is 12.5 Å². The van der Waals surface area contributed by atoms with E-state index >= 15 is 0 Å². The molecule has 3 nitrogen and oxygen atoms in total. The topological polar surface area (TPSA) is 29.5 Å². The second kappa shape index (κ2) is 6.86. The zero-order valence-corrected chi connectivity index (χ0v) is 13.8. The van der Waals surface area contributed by atoms with Crippen LogP contribution in [0.5, 0.6) is 5.75 Å². The first-order valence-corrected chi connectivity index (χ1v) is 8.17. The maximum absolute atomic E-state index is 12.6. The molecule has 0 heterocycles. The number of rotatable bonds is 6. The summed E-state index contributed by atoms with van der Waals surface area (Å²) in [6.07, 6.45) is 2.20. The summed E-state index contributed by atoms with van der Waals surface area (Å²) in [7, 11) is 0. The van der Waals surface area contributed by atoms with Gasteiger partial charge >= 0.3 is 0 Å². The molecule has 1 saturated carbocycles. The number of amides is 1. The number of carbonyl (C=O) groups excluding carboxylic acids is 1. The second-order valence-corrected chi connectivity index (χ2v) is 6.27. The molecule has 0 atom stereocenters. The Morgan fingerprint density at radius 2 is 1.83 bits per heavy atom. The van der Waals surface area contributed by atoms with E-state index in [1.807, 2.05) is 41.3 Å². The molecule has 1 amide bonds. The van der Waals surface area contributed by atoms with Crippen molar-refractivity contribution in [1.82, 2.24) is 4.90 Å². The fraction of sp³-hybridized carbons (Fsp3) is 0.350. The number of hydrogen-bond donors (Lipinski definition) is 0. The van der Waals surface area contributed by atoms with Crippen LogP contribution in [0.25, 0.3) is 0 Å². The van der Waals surface area contributed by atoms with Crippen molar-refractivity contribution in [2.45, 2.75) is 39.3 Å². The monoisotopic (exact) mass is 309 g/mol. The van der Waals surface area contributed by atoms with E-state index in [2.05, 4.69) is 26.0 Å². The minimum atomic E-state index is 0.0644. The summed E-state index contributed by atoms with van der Waals surface area (Å²) in [6, 6.07) is 16.5. The first kappa shape index (κ1) is 15.6. The van der Waals surface area contributed by atoms with Gasteiger partial charge in [0.1, 0.15) is 5.75 Å². The summed E-state index contributed by atoms with van der Waals surface area (Å²) < 4.78 is 5.71. The summed E-state index contributed by atoms with van der Waals surface area (Å²) in [6.45, 7) is 4.89. The zero-order valence-electron chi connectivity index (χ0n) is 13.8. The molecule has 3 heteroatoms. The lowest BCUT2D eigenvalue weighted by Gasteiger charge is -2.22. The summed E-state index contributed by atoms with van der Waals surface area (Å²) in [5.74, 6) is 0.825. The van der Waals surface area contributed by atoms with Crippen molar-refractivity contribution in [2.75, 3.05) is 6.61 Å². The highest BCUT2D eigenvalue weighted by Crippen LogP contribution is 2.28. The van der Waals surface area contributed by atoms with E-state index in [0.29, 0.717) is 12.6 Å². The maximum atomic E-state index is 12.6. The summed E-state index contributed by atoms with van der Waals surface area (Å²) in [5.41, 5.74) is 3.57. The lowest BCUT2D eigenvalue weighted by atomic mass is 10.1. The van der Waals surface area contributed by atoms with E-state index in [1.54, 1.807) is 0 Å². The van der Waals surface area contributed by atoms with Crippen molar-refractivity contribution in [3.63, 3.8) is 0 Å². The average Bonchev–Trinajstić information content (AvgIpc) is 3.39. The Balaban J connectivity index is 1.61. The minimum absolute atomic E-state index is 0.0644. The number of hydrogen-bond acceptors (Lipinski definition) is 2. The van der Waals surface area contributed by atoms with Crippen LogP contribution >= 0.6 is 0 Å². The van der Waals surface area contributed by atoms with Crippen molar-refractivity contribution < 1.29 is 9.53 Å². The molecule has 3 rings (SSSR count). The highest BCUT2D eigenvalue weighted by molar-refractivity contribution is 5.78. The number of benzene rings is 2. The molecular formula is C20H23NO2. The van der Waals surface area contributed by atoms with Gasteiger partial charge in [0.05, 0.1) is 0 Å². The number of ether oxygens (including phenoxy) is 1. The normalized spacial score (nSPS) is 13.7. The number of nitrogens with zero attached hydrogens (tertiary/aromatic N) is 1. The Hall–Kier alpha value is -2.29. The third-order valence-electron chi connectivity index (χ3n) is 4.34. The van der Waals surface area contributed by atoms with Crippen LogP contribution in [0.3, 0.4) is 0 Å². The SMILES string of the molecule is Cc1ccc(OCC(=O)N(Cc2ccccc2)C2CC2)cc1C. The molecule has 0 spiro atoms. The highest BCUT2D eigenvalue weighted by atomic mass is 16.5. The summed E-state index contributed by atoms with van der Waals surface area (Å²) >= 11 is 0. The average molecular weight is 309 g/mol. The third-order valence-corrected chi connectivity index (χ3v) is 4.34. The van der Waals surface area contributed by atoms with Gasteiger partial charge in [-0.15, -0.1) is 0 Å². The van der Waals surface area contributed by atoms with Gasteiger partial charge in [0, 0.05) is 12.6 Å². The van der Waals surface area contributed by atoms with E-state index < -0.39 is 0 Å². The lowest BCUT2D eigenvalue weighted by molar-refractivity contribution is -0.134. The third kappa shape index (κ3) is 4.13. The van der Waals surface area contributed by atoms with Gasteiger partial charge in [-0.1, -0.05) is 36.4 Å². The molecular weight excluding hydrogens is 286 g/mol. The van der Waals surface area contributed by atoms with Crippen LogP contribution in [0.4, 0.5) is 0 Å². The molecule has 0 aliphatic heterocycles. The molecule has 2 aromatic rings. The molecule has 2 aromatic carbocycles. The number of aryl methyl sites for hydroxylation is 2. The number of carbonyl (C=O) groups is 1. The van der Waals surface area contributed by atoms with Crippen molar-refractivity contribution in [3.05, 3.63) is 65.2 Å². The van der Waals surface area contributed by atoms with E-state index in [4.69, 9.17) is 4.74 Å². The molecule has 0 unspecified atom stereocenters. The Morgan fingerprint density at radius 1 is 1.09 bits per heavy atom. The fourth-order valence-corrected chi connectivity index (χ4v) is 2.62. The van der Waals surface area contributed by atoms with Crippen molar-refractivity contribution in [3.8, 4) is 5.75 Å². The Morgan fingerprint density at radius 3 is 2.48 bits per heavy atom. The van der Waals surface area contributed by atoms with Crippen molar-refractivity contribution >= 4 is 5.91 Å². The molecule has 120 valence electrons. The first-order chi connectivity index (χ1) is 11.1. The van der Waals surface area contributed by atoms with E-state index in [0.717, 1.165) is 18.6 Å². The molecule has 0 N–H and O–H groups in total. The van der Waals surface area contributed by atoms with Crippen molar-refractivity contribution in [2.24, 2.45) is 0 Å². The van der Waals surface area contributed by atoms with Gasteiger partial charge < -0.3 is 9.64 Å². The molecule has 0 aromatic heterocycles. The van der Waals surface area contributed by atoms with E-state index in [9.17, 15) is 4.79 Å². The van der Waals surface area contributed by atoms with Crippen LogP contribution in [-0.2, 0) is 11.3 Å². The minimum Gasteiger partial charge on any atom is -0.484 e. The lowest BCUT2D eigenvalue weighted by Crippen LogP contribution is -2.36. The van der Waals surface area contributed by atoms with Crippen molar-refractivity contribution in [1.29, 1.82) is 0 Å². The summed E-state index contributed by atoms with van der Waals surface area (Å²) in [5, 5.41) is 0.